The topological polar surface area (TPSA) is 65.8 Å². The van der Waals surface area contributed by atoms with Crippen molar-refractivity contribution in [2.45, 2.75) is 57.4 Å². The van der Waals surface area contributed by atoms with Crippen LogP contribution >= 0.6 is 0 Å². The summed E-state index contributed by atoms with van der Waals surface area (Å²) in [6, 6.07) is 46.7. The fourth-order valence-electron chi connectivity index (χ4n) is 8.46. The van der Waals surface area contributed by atoms with Gasteiger partial charge in [-0.3, -0.25) is 4.90 Å². The van der Waals surface area contributed by atoms with E-state index in [-0.39, 0.29) is 6.03 Å². The number of anilines is 3. The number of carbonyl (C=O) groups excluding carboxylic acids is 1. The third-order valence-electron chi connectivity index (χ3n) is 11.1. The van der Waals surface area contributed by atoms with Crippen LogP contribution in [0, 0.1) is 12.8 Å². The zero-order valence-electron chi connectivity index (χ0n) is 31.2. The molecule has 6 aromatic rings. The first kappa shape index (κ1) is 35.1. The van der Waals surface area contributed by atoms with Crippen LogP contribution in [-0.4, -0.2) is 39.9 Å². The Bertz CT molecular complexity index is 2110. The summed E-state index contributed by atoms with van der Waals surface area (Å²) >= 11 is 0. The molecule has 7 heteroatoms. The number of carbonyl (C=O) groups is 1. The van der Waals surface area contributed by atoms with Crippen LogP contribution in [0.2, 0.25) is 0 Å². The van der Waals surface area contributed by atoms with Gasteiger partial charge in [-0.2, -0.15) is 5.10 Å². The molecule has 0 spiro atoms. The molecule has 1 N–H and O–H groups in total. The Morgan fingerprint density at radius 3 is 1.98 bits per heavy atom. The van der Waals surface area contributed by atoms with Crippen LogP contribution in [-0.2, 0) is 12.0 Å². The molecule has 1 aliphatic carbocycles. The van der Waals surface area contributed by atoms with Crippen molar-refractivity contribution in [1.82, 2.24) is 14.6 Å². The smallest absolute Gasteiger partial charge is 0.349 e. The molecule has 5 aromatic carbocycles. The standard InChI is InChI=1S/C47H48N6O/c1-35-25-30-42-43(34-35)53(46(54)51(2)50-45(42)36-16-7-3-8-17-36)41-28-26-40(27-29-41)48-31-15-24-44-49-32-33-52(44)47(37-18-9-4-10-19-37,38-20-11-5-12-21-38)39-22-13-6-14-23-39/h4-6,9-14,18-23,25-30,32-34,36,48H,3,7-8,15-17,24,31H2,1-2H3. The van der Waals surface area contributed by atoms with Crippen LogP contribution in [0.1, 0.15) is 72.2 Å². The van der Waals surface area contributed by atoms with Crippen molar-refractivity contribution >= 4 is 28.8 Å². The molecular formula is C47H48N6O. The quantitative estimate of drug-likeness (QED) is 0.107. The molecule has 2 amide bonds. The van der Waals surface area contributed by atoms with Crippen LogP contribution in [0.25, 0.3) is 0 Å². The molecule has 1 aliphatic heterocycles. The molecule has 7 nitrogen and oxygen atoms in total. The highest BCUT2D eigenvalue weighted by atomic mass is 16.2. The van der Waals surface area contributed by atoms with Crippen LogP contribution in [0.3, 0.4) is 0 Å². The third-order valence-corrected chi connectivity index (χ3v) is 11.1. The van der Waals surface area contributed by atoms with E-state index in [9.17, 15) is 4.79 Å². The van der Waals surface area contributed by atoms with Gasteiger partial charge in [-0.25, -0.2) is 14.8 Å². The van der Waals surface area contributed by atoms with E-state index in [1.807, 2.05) is 23.2 Å². The summed E-state index contributed by atoms with van der Waals surface area (Å²) in [6.45, 7) is 2.85. The van der Waals surface area contributed by atoms with Crippen molar-refractivity contribution in [3.05, 3.63) is 179 Å². The molecule has 0 saturated heterocycles. The largest absolute Gasteiger partial charge is 0.385 e. The lowest BCUT2D eigenvalue weighted by Crippen LogP contribution is -2.38. The van der Waals surface area contributed by atoms with Gasteiger partial charge in [-0.1, -0.05) is 122 Å². The van der Waals surface area contributed by atoms with E-state index in [4.69, 9.17) is 10.1 Å². The van der Waals surface area contributed by atoms with Crippen LogP contribution in [0.5, 0.6) is 0 Å². The van der Waals surface area contributed by atoms with Gasteiger partial charge < -0.3 is 9.88 Å². The molecule has 1 aromatic heterocycles. The average Bonchev–Trinajstić information content (AvgIpc) is 3.66. The van der Waals surface area contributed by atoms with Gasteiger partial charge in [0.05, 0.1) is 17.1 Å². The summed E-state index contributed by atoms with van der Waals surface area (Å²) < 4.78 is 2.36. The molecular weight excluding hydrogens is 665 g/mol. The van der Waals surface area contributed by atoms with Gasteiger partial charge in [-0.15, -0.1) is 0 Å². The molecule has 1 fully saturated rings. The number of imidazole rings is 1. The van der Waals surface area contributed by atoms with Crippen molar-refractivity contribution in [3.8, 4) is 0 Å². The first-order chi connectivity index (χ1) is 26.5. The highest BCUT2D eigenvalue weighted by molar-refractivity contribution is 6.13. The number of aromatic nitrogens is 2. The Balaban J connectivity index is 1.02. The van der Waals surface area contributed by atoms with E-state index in [1.165, 1.54) is 41.0 Å². The molecule has 8 rings (SSSR count). The lowest BCUT2D eigenvalue weighted by molar-refractivity contribution is 0.220. The minimum absolute atomic E-state index is 0.151. The van der Waals surface area contributed by atoms with Crippen LogP contribution in [0.15, 0.2) is 151 Å². The van der Waals surface area contributed by atoms with Gasteiger partial charge >= 0.3 is 6.03 Å². The number of aryl methyl sites for hydroxylation is 2. The van der Waals surface area contributed by atoms with Crippen molar-refractivity contribution in [2.75, 3.05) is 23.8 Å². The van der Waals surface area contributed by atoms with Crippen molar-refractivity contribution in [2.24, 2.45) is 11.0 Å². The number of nitrogens with zero attached hydrogens (tertiary/aromatic N) is 5. The van der Waals surface area contributed by atoms with E-state index < -0.39 is 5.54 Å². The summed E-state index contributed by atoms with van der Waals surface area (Å²) in [7, 11) is 1.78. The number of fused-ring (bicyclic) bond motifs is 1. The molecule has 272 valence electrons. The Kier molecular flexibility index (Phi) is 10.1. The van der Waals surface area contributed by atoms with Gasteiger partial charge in [0.15, 0.2) is 0 Å². The van der Waals surface area contributed by atoms with Crippen molar-refractivity contribution in [3.63, 3.8) is 0 Å². The molecule has 0 atom stereocenters. The molecule has 54 heavy (non-hydrogen) atoms. The minimum Gasteiger partial charge on any atom is -0.385 e. The monoisotopic (exact) mass is 712 g/mol. The number of hydrazone groups is 1. The average molecular weight is 713 g/mol. The summed E-state index contributed by atoms with van der Waals surface area (Å²) in [5.41, 5.74) is 8.91. The van der Waals surface area contributed by atoms with E-state index in [0.717, 1.165) is 72.0 Å². The fourth-order valence-corrected chi connectivity index (χ4v) is 8.46. The number of amides is 2. The second kappa shape index (κ2) is 15.6. The van der Waals surface area contributed by atoms with E-state index in [0.29, 0.717) is 5.92 Å². The normalized spacial score (nSPS) is 15.1. The Morgan fingerprint density at radius 1 is 0.759 bits per heavy atom. The van der Waals surface area contributed by atoms with Gasteiger partial charge in [0.2, 0.25) is 0 Å². The number of hydrogen-bond acceptors (Lipinski definition) is 4. The second-order valence-corrected chi connectivity index (χ2v) is 14.6. The Morgan fingerprint density at radius 2 is 1.37 bits per heavy atom. The van der Waals surface area contributed by atoms with Crippen LogP contribution < -0.4 is 10.2 Å². The fraction of sp³-hybridized carbons (Fsp3) is 0.255. The summed E-state index contributed by atoms with van der Waals surface area (Å²) in [5, 5.41) is 10.1. The third kappa shape index (κ3) is 6.71. The maximum Gasteiger partial charge on any atom is 0.349 e. The first-order valence-corrected chi connectivity index (χ1v) is 19.3. The maximum absolute atomic E-state index is 13.9. The Labute approximate surface area is 319 Å². The zero-order chi connectivity index (χ0) is 36.9. The number of urea groups is 1. The summed E-state index contributed by atoms with van der Waals surface area (Å²) in [4.78, 5) is 20.7. The van der Waals surface area contributed by atoms with Gasteiger partial charge in [0.1, 0.15) is 11.4 Å². The van der Waals surface area contributed by atoms with E-state index in [2.05, 4.69) is 144 Å². The molecule has 0 radical (unpaired) electrons. The lowest BCUT2D eigenvalue weighted by atomic mass is 9.76. The summed E-state index contributed by atoms with van der Waals surface area (Å²) in [5.74, 6) is 1.39. The molecule has 1 saturated carbocycles. The zero-order valence-corrected chi connectivity index (χ0v) is 31.2. The first-order valence-electron chi connectivity index (χ1n) is 19.3. The van der Waals surface area contributed by atoms with Crippen molar-refractivity contribution in [1.29, 1.82) is 0 Å². The number of hydrogen-bond donors (Lipinski definition) is 1. The van der Waals surface area contributed by atoms with Crippen molar-refractivity contribution < 1.29 is 4.79 Å². The SMILES string of the molecule is Cc1ccc2c(c1)N(c1ccc(NCCCc3nccn3C(c3ccccc3)(c3ccccc3)c3ccccc3)cc1)C(=O)N(C)N=C2C1CCCCC1. The molecule has 2 aliphatic rings. The van der Waals surface area contributed by atoms with Gasteiger partial charge in [0.25, 0.3) is 0 Å². The maximum atomic E-state index is 13.9. The molecule has 0 unspecified atom stereocenters. The van der Waals surface area contributed by atoms with Crippen LogP contribution in [0.4, 0.5) is 21.9 Å². The summed E-state index contributed by atoms with van der Waals surface area (Å²) in [6.07, 6.45) is 11.6. The van der Waals surface area contributed by atoms with E-state index >= 15 is 0 Å². The second-order valence-electron chi connectivity index (χ2n) is 14.6. The highest BCUT2D eigenvalue weighted by Gasteiger charge is 2.39. The number of nitrogens with one attached hydrogen (secondary N) is 1. The Hall–Kier alpha value is -5.95. The number of benzene rings is 5. The van der Waals surface area contributed by atoms with E-state index in [1.54, 1.807) is 7.05 Å². The van der Waals surface area contributed by atoms with Gasteiger partial charge in [-0.05, 0) is 78.8 Å². The highest BCUT2D eigenvalue weighted by Crippen LogP contribution is 2.42. The van der Waals surface area contributed by atoms with Gasteiger partial charge in [0, 0.05) is 49.6 Å². The minimum atomic E-state index is -0.586. The predicted molar refractivity (Wildman–Crippen MR) is 220 cm³/mol. The number of rotatable bonds is 11. The molecule has 0 bridgehead atoms. The predicted octanol–water partition coefficient (Wildman–Crippen LogP) is 10.6. The lowest BCUT2D eigenvalue weighted by Gasteiger charge is -2.38. The molecule has 2 heterocycles.